The second kappa shape index (κ2) is 5.13. The van der Waals surface area contributed by atoms with Crippen molar-refractivity contribution in [1.29, 1.82) is 0 Å². The van der Waals surface area contributed by atoms with Gasteiger partial charge in [-0.15, -0.1) is 0 Å². The van der Waals surface area contributed by atoms with E-state index in [-0.39, 0.29) is 0 Å². The smallest absolute Gasteiger partial charge is 0.163 e. The molecule has 0 amide bonds. The maximum absolute atomic E-state index is 6.12. The summed E-state index contributed by atoms with van der Waals surface area (Å²) in [7, 11) is 0. The fourth-order valence-corrected chi connectivity index (χ4v) is 2.28. The van der Waals surface area contributed by atoms with Crippen LogP contribution in [-0.2, 0) is 0 Å². The lowest BCUT2D eigenvalue weighted by atomic mass is 10.1. The molecule has 2 aromatic rings. The van der Waals surface area contributed by atoms with E-state index in [0.717, 1.165) is 16.9 Å². The van der Waals surface area contributed by atoms with Gasteiger partial charge < -0.3 is 20.5 Å². The normalized spacial score (nSPS) is 13.1. The van der Waals surface area contributed by atoms with E-state index >= 15 is 0 Å². The highest BCUT2D eigenvalue weighted by atomic mass is 35.5. The second-order valence-corrected chi connectivity index (χ2v) is 5.03. The van der Waals surface area contributed by atoms with E-state index in [4.69, 9.17) is 26.8 Å². The molecule has 0 aromatic heterocycles. The van der Waals surface area contributed by atoms with Gasteiger partial charge in [0.25, 0.3) is 0 Å². The van der Waals surface area contributed by atoms with Crippen LogP contribution in [0.15, 0.2) is 30.3 Å². The Morgan fingerprint density at radius 3 is 2.55 bits per heavy atom. The van der Waals surface area contributed by atoms with E-state index in [1.54, 1.807) is 6.07 Å². The monoisotopic (exact) mass is 290 g/mol. The summed E-state index contributed by atoms with van der Waals surface area (Å²) in [4.78, 5) is 0. The third-order valence-electron chi connectivity index (χ3n) is 3.25. The fourth-order valence-electron chi connectivity index (χ4n) is 2.10. The molecule has 4 nitrogen and oxygen atoms in total. The molecule has 0 unspecified atom stereocenters. The Balaban J connectivity index is 1.96. The third-order valence-corrected chi connectivity index (χ3v) is 3.66. The maximum atomic E-state index is 6.12. The Bertz CT molecular complexity index is 659. The van der Waals surface area contributed by atoms with Crippen LogP contribution in [0.25, 0.3) is 0 Å². The minimum absolute atomic E-state index is 0.548. The molecule has 0 fully saturated rings. The summed E-state index contributed by atoms with van der Waals surface area (Å²) < 4.78 is 11.1. The number of anilines is 3. The molecule has 0 radical (unpaired) electrons. The molecular weight excluding hydrogens is 276 g/mol. The molecule has 1 aliphatic heterocycles. The van der Waals surface area contributed by atoms with Crippen molar-refractivity contribution in [3.63, 3.8) is 0 Å². The van der Waals surface area contributed by atoms with Crippen LogP contribution in [-0.4, -0.2) is 13.2 Å². The van der Waals surface area contributed by atoms with Gasteiger partial charge in [-0.1, -0.05) is 17.7 Å². The minimum atomic E-state index is 0.548. The van der Waals surface area contributed by atoms with Crippen LogP contribution < -0.4 is 20.5 Å². The Labute approximate surface area is 122 Å². The standard InChI is InChI=1S/C15H15ClN2O2/c1-9-10(16)3-2-4-12(9)18-13-8-15-14(7-11(13)17)19-5-6-20-15/h2-4,7-8,18H,5-6,17H2,1H3. The van der Waals surface area contributed by atoms with Gasteiger partial charge >= 0.3 is 0 Å². The van der Waals surface area contributed by atoms with E-state index in [1.165, 1.54) is 0 Å². The lowest BCUT2D eigenvalue weighted by molar-refractivity contribution is 0.172. The van der Waals surface area contributed by atoms with E-state index in [0.29, 0.717) is 35.4 Å². The first-order chi connectivity index (χ1) is 9.65. The zero-order valence-corrected chi connectivity index (χ0v) is 11.8. The number of hydrogen-bond acceptors (Lipinski definition) is 4. The van der Waals surface area contributed by atoms with Crippen LogP contribution in [0, 0.1) is 6.92 Å². The highest BCUT2D eigenvalue weighted by Gasteiger charge is 2.15. The van der Waals surface area contributed by atoms with Crippen LogP contribution in [0.1, 0.15) is 5.56 Å². The zero-order chi connectivity index (χ0) is 14.1. The number of halogens is 1. The van der Waals surface area contributed by atoms with Gasteiger partial charge in [0.05, 0.1) is 11.4 Å². The van der Waals surface area contributed by atoms with Gasteiger partial charge in [0, 0.05) is 22.8 Å². The Morgan fingerprint density at radius 2 is 1.80 bits per heavy atom. The predicted octanol–water partition coefficient (Wildman–Crippen LogP) is 3.75. The Morgan fingerprint density at radius 1 is 1.10 bits per heavy atom. The van der Waals surface area contributed by atoms with Crippen molar-refractivity contribution in [2.45, 2.75) is 6.92 Å². The number of hydrogen-bond donors (Lipinski definition) is 2. The average molecular weight is 291 g/mol. The third kappa shape index (κ3) is 2.34. The second-order valence-electron chi connectivity index (χ2n) is 4.62. The maximum Gasteiger partial charge on any atom is 0.163 e. The largest absolute Gasteiger partial charge is 0.486 e. The molecule has 3 rings (SSSR count). The van der Waals surface area contributed by atoms with Gasteiger partial charge in [0.2, 0.25) is 0 Å². The highest BCUT2D eigenvalue weighted by Crippen LogP contribution is 2.38. The molecule has 5 heteroatoms. The van der Waals surface area contributed by atoms with Crippen LogP contribution >= 0.6 is 11.6 Å². The first-order valence-corrected chi connectivity index (χ1v) is 6.74. The number of nitrogens with one attached hydrogen (secondary N) is 1. The molecule has 0 saturated heterocycles. The SMILES string of the molecule is Cc1c(Cl)cccc1Nc1cc2c(cc1N)OCCO2. The first kappa shape index (κ1) is 12.9. The van der Waals surface area contributed by atoms with E-state index < -0.39 is 0 Å². The number of rotatable bonds is 2. The van der Waals surface area contributed by atoms with Crippen LogP contribution in [0.4, 0.5) is 17.1 Å². The number of fused-ring (bicyclic) bond motifs is 1. The summed E-state index contributed by atoms with van der Waals surface area (Å²) in [6.07, 6.45) is 0. The van der Waals surface area contributed by atoms with Crippen LogP contribution in [0.3, 0.4) is 0 Å². The van der Waals surface area contributed by atoms with Crippen LogP contribution in [0.2, 0.25) is 5.02 Å². The van der Waals surface area contributed by atoms with E-state index in [1.807, 2.05) is 31.2 Å². The molecule has 0 bridgehead atoms. The van der Waals surface area contributed by atoms with Gasteiger partial charge in [-0.3, -0.25) is 0 Å². The Kier molecular flexibility index (Phi) is 3.32. The predicted molar refractivity (Wildman–Crippen MR) is 81.3 cm³/mol. The topological polar surface area (TPSA) is 56.5 Å². The summed E-state index contributed by atoms with van der Waals surface area (Å²) in [6.45, 7) is 3.05. The van der Waals surface area contributed by atoms with Gasteiger partial charge in [0.1, 0.15) is 13.2 Å². The van der Waals surface area contributed by atoms with Crippen molar-refractivity contribution in [1.82, 2.24) is 0 Å². The molecule has 104 valence electrons. The van der Waals surface area contributed by atoms with Crippen molar-refractivity contribution >= 4 is 28.7 Å². The van der Waals surface area contributed by atoms with E-state index in [2.05, 4.69) is 5.32 Å². The molecule has 20 heavy (non-hydrogen) atoms. The number of ether oxygens (including phenoxy) is 2. The molecule has 0 spiro atoms. The Hall–Kier alpha value is -2.07. The molecule has 0 atom stereocenters. The summed E-state index contributed by atoms with van der Waals surface area (Å²) in [5, 5.41) is 4.00. The molecule has 0 aliphatic carbocycles. The average Bonchev–Trinajstić information content (AvgIpc) is 2.44. The molecule has 1 heterocycles. The molecular formula is C15H15ClN2O2. The quantitative estimate of drug-likeness (QED) is 0.827. The van der Waals surface area contributed by atoms with Crippen molar-refractivity contribution in [3.8, 4) is 11.5 Å². The van der Waals surface area contributed by atoms with Gasteiger partial charge in [-0.2, -0.15) is 0 Å². The number of benzene rings is 2. The first-order valence-electron chi connectivity index (χ1n) is 6.36. The molecule has 2 aromatic carbocycles. The number of nitrogen functional groups attached to an aromatic ring is 1. The molecule has 3 N–H and O–H groups in total. The summed E-state index contributed by atoms with van der Waals surface area (Å²) in [6, 6.07) is 9.33. The lowest BCUT2D eigenvalue weighted by Crippen LogP contribution is -2.15. The van der Waals surface area contributed by atoms with E-state index in [9.17, 15) is 0 Å². The molecule has 1 aliphatic rings. The zero-order valence-electron chi connectivity index (χ0n) is 11.1. The summed E-state index contributed by atoms with van der Waals surface area (Å²) in [5.41, 5.74) is 9.33. The fraction of sp³-hybridized carbons (Fsp3) is 0.200. The summed E-state index contributed by atoms with van der Waals surface area (Å²) in [5.74, 6) is 1.38. The highest BCUT2D eigenvalue weighted by molar-refractivity contribution is 6.31. The number of nitrogens with two attached hydrogens (primary N) is 1. The van der Waals surface area contributed by atoms with Crippen molar-refractivity contribution in [3.05, 3.63) is 40.9 Å². The molecule has 0 saturated carbocycles. The summed E-state index contributed by atoms with van der Waals surface area (Å²) >= 11 is 6.12. The van der Waals surface area contributed by atoms with Crippen molar-refractivity contribution < 1.29 is 9.47 Å². The van der Waals surface area contributed by atoms with Gasteiger partial charge in [-0.05, 0) is 24.6 Å². The van der Waals surface area contributed by atoms with Gasteiger partial charge in [0.15, 0.2) is 11.5 Å². The lowest BCUT2D eigenvalue weighted by Gasteiger charge is -2.21. The van der Waals surface area contributed by atoms with Crippen LogP contribution in [0.5, 0.6) is 11.5 Å². The minimum Gasteiger partial charge on any atom is -0.486 e. The van der Waals surface area contributed by atoms with Crippen molar-refractivity contribution in [2.75, 3.05) is 24.3 Å². The van der Waals surface area contributed by atoms with Crippen molar-refractivity contribution in [2.24, 2.45) is 0 Å². The van der Waals surface area contributed by atoms with Gasteiger partial charge in [-0.25, -0.2) is 0 Å².